The van der Waals surface area contributed by atoms with Crippen molar-refractivity contribution in [3.63, 3.8) is 0 Å². The molecule has 0 radical (unpaired) electrons. The summed E-state index contributed by atoms with van der Waals surface area (Å²) in [4.78, 5) is 16.4. The maximum absolute atomic E-state index is 12.3. The van der Waals surface area contributed by atoms with Crippen LogP contribution in [0.1, 0.15) is 6.42 Å². The molecule has 1 N–H and O–H groups in total. The van der Waals surface area contributed by atoms with E-state index in [0.717, 1.165) is 44.0 Å². The number of carbonyl (C=O) groups excluding carboxylic acids is 1. The maximum atomic E-state index is 12.3. The van der Waals surface area contributed by atoms with Gasteiger partial charge in [-0.05, 0) is 12.3 Å². The van der Waals surface area contributed by atoms with Crippen molar-refractivity contribution in [2.24, 2.45) is 5.92 Å². The fourth-order valence-electron chi connectivity index (χ4n) is 3.19. The molecule has 2 fully saturated rings. The van der Waals surface area contributed by atoms with E-state index in [2.05, 4.69) is 15.3 Å². The van der Waals surface area contributed by atoms with Gasteiger partial charge in [-0.3, -0.25) is 9.58 Å². The maximum Gasteiger partial charge on any atom is 0.321 e. The lowest BCUT2D eigenvalue weighted by molar-refractivity contribution is 0.0314. The number of rotatable bonds is 5. The van der Waals surface area contributed by atoms with Crippen LogP contribution >= 0.6 is 0 Å². The predicted octanol–water partition coefficient (Wildman–Crippen LogP) is 1.33. The Balaban J connectivity index is 1.44. The van der Waals surface area contributed by atoms with Crippen LogP contribution in [-0.4, -0.2) is 78.0 Å². The Labute approximate surface area is 139 Å². The van der Waals surface area contributed by atoms with Crippen LogP contribution in [0.25, 0.3) is 0 Å². The molecule has 1 atom stereocenters. The van der Waals surface area contributed by atoms with Gasteiger partial charge < -0.3 is 15.0 Å². The summed E-state index contributed by atoms with van der Waals surface area (Å²) in [5, 5.41) is 6.54. The van der Waals surface area contributed by atoms with Crippen molar-refractivity contribution in [2.45, 2.75) is 19.4 Å². The molecule has 7 nitrogen and oxygen atoms in total. The molecule has 2 aliphatic heterocycles. The van der Waals surface area contributed by atoms with Crippen molar-refractivity contribution in [2.75, 3.05) is 51.3 Å². The second-order valence-electron chi connectivity index (χ2n) is 6.29. The molecule has 24 heavy (non-hydrogen) atoms. The number of likely N-dealkylation sites (tertiary alicyclic amines) is 1. The molecule has 0 spiro atoms. The van der Waals surface area contributed by atoms with Gasteiger partial charge in [0, 0.05) is 38.9 Å². The number of hydrogen-bond donors (Lipinski definition) is 1. The number of alkyl halides is 2. The third-order valence-electron chi connectivity index (χ3n) is 4.40. The zero-order valence-corrected chi connectivity index (χ0v) is 13.5. The number of carbonyl (C=O) groups is 1. The topological polar surface area (TPSA) is 62.6 Å². The molecule has 2 saturated heterocycles. The van der Waals surface area contributed by atoms with E-state index < -0.39 is 13.0 Å². The van der Waals surface area contributed by atoms with Crippen molar-refractivity contribution in [3.05, 3.63) is 12.4 Å². The third kappa shape index (κ3) is 4.64. The average molecular weight is 343 g/mol. The number of nitrogens with zero attached hydrogens (tertiary/aromatic N) is 4. The lowest BCUT2D eigenvalue weighted by Crippen LogP contribution is -2.40. The first-order valence-electron chi connectivity index (χ1n) is 8.27. The summed E-state index contributed by atoms with van der Waals surface area (Å²) < 4.78 is 31.1. The molecule has 2 amide bonds. The van der Waals surface area contributed by atoms with Crippen LogP contribution < -0.4 is 5.32 Å². The number of halogens is 2. The first kappa shape index (κ1) is 17.1. The zero-order chi connectivity index (χ0) is 16.9. The van der Waals surface area contributed by atoms with Crippen LogP contribution in [0.3, 0.4) is 0 Å². The molecular formula is C15H23F2N5O2. The molecule has 2 aliphatic rings. The number of urea groups is 1. The van der Waals surface area contributed by atoms with Gasteiger partial charge in [0.05, 0.1) is 25.1 Å². The van der Waals surface area contributed by atoms with Crippen molar-refractivity contribution in [1.29, 1.82) is 0 Å². The lowest BCUT2D eigenvalue weighted by atomic mass is 10.1. The highest BCUT2D eigenvalue weighted by Crippen LogP contribution is 2.19. The molecule has 3 heterocycles. The first-order valence-corrected chi connectivity index (χ1v) is 8.27. The molecule has 0 aliphatic carbocycles. The number of hydrogen-bond acceptors (Lipinski definition) is 4. The Morgan fingerprint density at radius 3 is 2.92 bits per heavy atom. The van der Waals surface area contributed by atoms with Gasteiger partial charge in [0.2, 0.25) is 0 Å². The molecule has 0 saturated carbocycles. The highest BCUT2D eigenvalue weighted by Gasteiger charge is 2.28. The number of ether oxygens (including phenoxy) is 1. The molecule has 134 valence electrons. The number of morpholine rings is 1. The summed E-state index contributed by atoms with van der Waals surface area (Å²) in [7, 11) is 0. The number of nitrogens with one attached hydrogen (secondary N) is 1. The van der Waals surface area contributed by atoms with Crippen molar-refractivity contribution in [1.82, 2.24) is 19.6 Å². The average Bonchev–Trinajstić information content (AvgIpc) is 3.17. The van der Waals surface area contributed by atoms with Crippen LogP contribution in [0.5, 0.6) is 0 Å². The Bertz CT molecular complexity index is 548. The monoisotopic (exact) mass is 343 g/mol. The van der Waals surface area contributed by atoms with Gasteiger partial charge in [-0.15, -0.1) is 0 Å². The van der Waals surface area contributed by atoms with Crippen molar-refractivity contribution >= 4 is 11.7 Å². The molecule has 0 unspecified atom stereocenters. The third-order valence-corrected chi connectivity index (χ3v) is 4.40. The Kier molecular flexibility index (Phi) is 5.62. The second-order valence-corrected chi connectivity index (χ2v) is 6.29. The van der Waals surface area contributed by atoms with E-state index in [1.807, 2.05) is 0 Å². The van der Waals surface area contributed by atoms with E-state index in [9.17, 15) is 13.6 Å². The molecule has 1 aromatic rings. The Morgan fingerprint density at radius 2 is 2.17 bits per heavy atom. The number of aromatic nitrogens is 2. The van der Waals surface area contributed by atoms with Gasteiger partial charge in [0.1, 0.15) is 6.54 Å². The number of amides is 2. The lowest BCUT2D eigenvalue weighted by Gasteiger charge is -2.29. The van der Waals surface area contributed by atoms with E-state index in [4.69, 9.17) is 4.74 Å². The minimum absolute atomic E-state index is 0.198. The van der Waals surface area contributed by atoms with Gasteiger partial charge in [-0.25, -0.2) is 13.6 Å². The Morgan fingerprint density at radius 1 is 1.38 bits per heavy atom. The normalized spacial score (nSPS) is 22.3. The molecule has 3 rings (SSSR count). The van der Waals surface area contributed by atoms with Gasteiger partial charge in [0.25, 0.3) is 6.43 Å². The second kappa shape index (κ2) is 7.89. The van der Waals surface area contributed by atoms with Crippen LogP contribution in [0.15, 0.2) is 12.4 Å². The van der Waals surface area contributed by atoms with Crippen LogP contribution in [0, 0.1) is 5.92 Å². The predicted molar refractivity (Wildman–Crippen MR) is 84.2 cm³/mol. The van der Waals surface area contributed by atoms with E-state index in [1.54, 1.807) is 4.90 Å². The molecule has 1 aromatic heterocycles. The number of anilines is 1. The highest BCUT2D eigenvalue weighted by molar-refractivity contribution is 5.89. The quantitative estimate of drug-likeness (QED) is 0.876. The first-order chi connectivity index (χ1) is 11.6. The fourth-order valence-corrected chi connectivity index (χ4v) is 3.19. The zero-order valence-electron chi connectivity index (χ0n) is 13.5. The molecular weight excluding hydrogens is 320 g/mol. The van der Waals surface area contributed by atoms with Crippen LogP contribution in [-0.2, 0) is 11.3 Å². The summed E-state index contributed by atoms with van der Waals surface area (Å²) in [6.45, 7) is 5.40. The van der Waals surface area contributed by atoms with Gasteiger partial charge >= 0.3 is 6.03 Å². The van der Waals surface area contributed by atoms with Crippen LogP contribution in [0.2, 0.25) is 0 Å². The van der Waals surface area contributed by atoms with Gasteiger partial charge in [-0.2, -0.15) is 5.10 Å². The summed E-state index contributed by atoms with van der Waals surface area (Å²) >= 11 is 0. The summed E-state index contributed by atoms with van der Waals surface area (Å²) in [5.41, 5.74) is 0.442. The largest absolute Gasteiger partial charge is 0.379 e. The van der Waals surface area contributed by atoms with Crippen molar-refractivity contribution in [3.8, 4) is 0 Å². The Hall–Kier alpha value is -1.74. The van der Waals surface area contributed by atoms with Crippen molar-refractivity contribution < 1.29 is 18.3 Å². The van der Waals surface area contributed by atoms with Gasteiger partial charge in [-0.1, -0.05) is 0 Å². The van der Waals surface area contributed by atoms with E-state index in [-0.39, 0.29) is 6.03 Å². The van der Waals surface area contributed by atoms with E-state index in [0.29, 0.717) is 24.7 Å². The van der Waals surface area contributed by atoms with E-state index in [1.165, 1.54) is 12.4 Å². The summed E-state index contributed by atoms with van der Waals surface area (Å²) in [6, 6.07) is -0.198. The summed E-state index contributed by atoms with van der Waals surface area (Å²) in [5.74, 6) is 0.468. The smallest absolute Gasteiger partial charge is 0.321 e. The van der Waals surface area contributed by atoms with Gasteiger partial charge in [0.15, 0.2) is 0 Å². The van der Waals surface area contributed by atoms with E-state index >= 15 is 0 Å². The molecule has 0 aromatic carbocycles. The summed E-state index contributed by atoms with van der Waals surface area (Å²) in [6.07, 6.45) is 1.33. The fraction of sp³-hybridized carbons (Fsp3) is 0.733. The minimum Gasteiger partial charge on any atom is -0.379 e. The molecule has 9 heteroatoms. The molecule has 0 bridgehead atoms. The van der Waals surface area contributed by atoms with Crippen LogP contribution in [0.4, 0.5) is 19.3 Å². The SMILES string of the molecule is O=C(Nc1cnn(CC(F)F)c1)N1CC[C@@H](CN2CCOCC2)C1. The highest BCUT2D eigenvalue weighted by atomic mass is 19.3. The minimum atomic E-state index is -2.46. The standard InChI is InChI=1S/C15H23F2N5O2/c16-14(17)11-22-10-13(7-18-22)19-15(23)21-2-1-12(9-21)8-20-3-5-24-6-4-20/h7,10,12,14H,1-6,8-9,11H2,(H,19,23)/t12-/m0/s1.